The van der Waals surface area contributed by atoms with Crippen molar-refractivity contribution in [1.29, 1.82) is 0 Å². The Hall–Kier alpha value is -3.03. The molecule has 2 aromatic carbocycles. The monoisotopic (exact) mass is 389 g/mol. The number of benzene rings is 2. The highest BCUT2D eigenvalue weighted by molar-refractivity contribution is 6.05. The number of anilines is 2. The van der Waals surface area contributed by atoms with E-state index in [-0.39, 0.29) is 23.0 Å². The zero-order valence-electron chi connectivity index (χ0n) is 15.2. The van der Waals surface area contributed by atoms with Gasteiger partial charge in [0.1, 0.15) is 17.3 Å². The van der Waals surface area contributed by atoms with Gasteiger partial charge < -0.3 is 10.6 Å². The van der Waals surface area contributed by atoms with Crippen molar-refractivity contribution in [3.05, 3.63) is 63.7 Å². The van der Waals surface area contributed by atoms with Crippen molar-refractivity contribution >= 4 is 23.0 Å². The van der Waals surface area contributed by atoms with Gasteiger partial charge in [0.2, 0.25) is 0 Å². The van der Waals surface area contributed by atoms with Crippen LogP contribution in [-0.4, -0.2) is 16.9 Å². The Labute approximate surface area is 161 Å². The van der Waals surface area contributed by atoms with Crippen molar-refractivity contribution in [2.75, 3.05) is 10.6 Å². The van der Waals surface area contributed by atoms with Gasteiger partial charge in [-0.25, -0.2) is 8.78 Å². The maximum Gasteiger partial charge on any atom is 0.293 e. The molecule has 8 heteroatoms. The zero-order valence-corrected chi connectivity index (χ0v) is 15.2. The van der Waals surface area contributed by atoms with Crippen LogP contribution in [0.5, 0.6) is 0 Å². The van der Waals surface area contributed by atoms with Crippen molar-refractivity contribution in [1.82, 2.24) is 0 Å². The highest BCUT2D eigenvalue weighted by Gasteiger charge is 2.21. The molecule has 0 radical (unpaired) electrons. The first-order valence-corrected chi connectivity index (χ1v) is 9.25. The van der Waals surface area contributed by atoms with E-state index in [1.165, 1.54) is 31.0 Å². The predicted octanol–water partition coefficient (Wildman–Crippen LogP) is 5.26. The molecule has 148 valence electrons. The molecule has 3 rings (SSSR count). The van der Waals surface area contributed by atoms with Gasteiger partial charge in [0.25, 0.3) is 11.6 Å². The second-order valence-corrected chi connectivity index (χ2v) is 6.93. The van der Waals surface area contributed by atoms with E-state index >= 15 is 0 Å². The maximum atomic E-state index is 13.3. The number of halogens is 2. The first kappa shape index (κ1) is 19.7. The van der Waals surface area contributed by atoms with E-state index in [9.17, 15) is 23.7 Å². The number of carbonyl (C=O) groups is 1. The molecule has 0 spiro atoms. The van der Waals surface area contributed by atoms with Gasteiger partial charge in [-0.1, -0.05) is 25.7 Å². The van der Waals surface area contributed by atoms with E-state index in [2.05, 4.69) is 10.6 Å². The molecule has 0 bridgehead atoms. The van der Waals surface area contributed by atoms with E-state index in [1.807, 2.05) is 0 Å². The van der Waals surface area contributed by atoms with E-state index in [0.717, 1.165) is 37.8 Å². The first-order valence-electron chi connectivity index (χ1n) is 9.25. The van der Waals surface area contributed by atoms with Gasteiger partial charge in [-0.2, -0.15) is 0 Å². The van der Waals surface area contributed by atoms with Crippen molar-refractivity contribution in [2.24, 2.45) is 0 Å². The minimum atomic E-state index is -0.829. The van der Waals surface area contributed by atoms with Crippen LogP contribution in [0.15, 0.2) is 36.4 Å². The number of nitrogens with zero attached hydrogens (tertiary/aromatic N) is 1. The van der Waals surface area contributed by atoms with Crippen LogP contribution >= 0.6 is 0 Å². The Bertz CT molecular complexity index is 861. The molecule has 2 aromatic rings. The van der Waals surface area contributed by atoms with Gasteiger partial charge in [-0.3, -0.25) is 14.9 Å². The number of nitrogens with one attached hydrogen (secondary N) is 2. The number of nitro groups is 1. The lowest BCUT2D eigenvalue weighted by atomic mass is 10.1. The van der Waals surface area contributed by atoms with Gasteiger partial charge in [0.15, 0.2) is 0 Å². The lowest BCUT2D eigenvalue weighted by Gasteiger charge is -2.18. The fourth-order valence-corrected chi connectivity index (χ4v) is 3.42. The molecule has 0 aliphatic heterocycles. The summed E-state index contributed by atoms with van der Waals surface area (Å²) in [7, 11) is 0. The number of hydrogen-bond acceptors (Lipinski definition) is 4. The minimum absolute atomic E-state index is 0.0304. The van der Waals surface area contributed by atoms with Gasteiger partial charge in [0.05, 0.1) is 4.92 Å². The van der Waals surface area contributed by atoms with E-state index in [0.29, 0.717) is 11.8 Å². The Balaban J connectivity index is 1.79. The van der Waals surface area contributed by atoms with Gasteiger partial charge >= 0.3 is 0 Å². The fraction of sp³-hybridized carbons (Fsp3) is 0.350. The lowest BCUT2D eigenvalue weighted by Crippen LogP contribution is -2.19. The summed E-state index contributed by atoms with van der Waals surface area (Å²) in [6.07, 6.45) is 6.39. The molecule has 28 heavy (non-hydrogen) atoms. The molecule has 1 aliphatic rings. The van der Waals surface area contributed by atoms with Crippen LogP contribution < -0.4 is 10.6 Å². The molecule has 6 nitrogen and oxygen atoms in total. The summed E-state index contributed by atoms with van der Waals surface area (Å²) in [5.41, 5.74) is 0.126. The summed E-state index contributed by atoms with van der Waals surface area (Å²) in [5, 5.41) is 17.1. The van der Waals surface area contributed by atoms with E-state index in [4.69, 9.17) is 0 Å². The molecule has 0 unspecified atom stereocenters. The zero-order chi connectivity index (χ0) is 20.1. The predicted molar refractivity (Wildman–Crippen MR) is 103 cm³/mol. The smallest absolute Gasteiger partial charge is 0.293 e. The largest absolute Gasteiger partial charge is 0.377 e. The van der Waals surface area contributed by atoms with Crippen molar-refractivity contribution in [3.63, 3.8) is 0 Å². The Morgan fingerprint density at radius 1 is 1.00 bits per heavy atom. The number of rotatable bonds is 5. The number of nitro benzene ring substituents is 1. The second kappa shape index (κ2) is 8.77. The van der Waals surface area contributed by atoms with Crippen molar-refractivity contribution < 1.29 is 18.5 Å². The topological polar surface area (TPSA) is 84.3 Å². The van der Waals surface area contributed by atoms with Crippen LogP contribution in [0.4, 0.5) is 25.8 Å². The average Bonchev–Trinajstić information content (AvgIpc) is 2.89. The number of amides is 1. The molecular weight excluding hydrogens is 368 g/mol. The minimum Gasteiger partial charge on any atom is -0.377 e. The van der Waals surface area contributed by atoms with Gasteiger partial charge in [-0.05, 0) is 37.1 Å². The maximum absolute atomic E-state index is 13.3. The van der Waals surface area contributed by atoms with Crippen LogP contribution in [0.1, 0.15) is 48.9 Å². The number of hydrogen-bond donors (Lipinski definition) is 2. The van der Waals surface area contributed by atoms with Crippen LogP contribution in [0.2, 0.25) is 0 Å². The van der Waals surface area contributed by atoms with E-state index < -0.39 is 22.5 Å². The number of carbonyl (C=O) groups excluding carboxylic acids is 1. The third kappa shape index (κ3) is 5.03. The quantitative estimate of drug-likeness (QED) is 0.415. The molecule has 1 amide bonds. The summed E-state index contributed by atoms with van der Waals surface area (Å²) in [6, 6.07) is 6.92. The third-order valence-corrected chi connectivity index (χ3v) is 4.79. The highest BCUT2D eigenvalue weighted by Crippen LogP contribution is 2.29. The molecule has 0 saturated heterocycles. The van der Waals surface area contributed by atoms with Crippen molar-refractivity contribution in [2.45, 2.75) is 44.6 Å². The molecular formula is C20H21F2N3O3. The molecule has 1 fully saturated rings. The average molecular weight is 389 g/mol. The molecule has 1 saturated carbocycles. The fourth-order valence-electron chi connectivity index (χ4n) is 3.42. The lowest BCUT2D eigenvalue weighted by molar-refractivity contribution is -0.384. The van der Waals surface area contributed by atoms with Crippen LogP contribution in [0.25, 0.3) is 0 Å². The molecule has 1 aliphatic carbocycles. The highest BCUT2D eigenvalue weighted by atomic mass is 19.1. The van der Waals surface area contributed by atoms with Gasteiger partial charge in [-0.15, -0.1) is 0 Å². The summed E-state index contributed by atoms with van der Waals surface area (Å²) in [5.74, 6) is -2.34. The normalized spacial score (nSPS) is 14.9. The summed E-state index contributed by atoms with van der Waals surface area (Å²) < 4.78 is 26.5. The summed E-state index contributed by atoms with van der Waals surface area (Å²) in [6.45, 7) is 0. The van der Waals surface area contributed by atoms with Crippen LogP contribution in [-0.2, 0) is 0 Å². The molecule has 0 heterocycles. The second-order valence-electron chi connectivity index (χ2n) is 6.93. The van der Waals surface area contributed by atoms with Crippen LogP contribution in [0, 0.1) is 21.7 Å². The summed E-state index contributed by atoms with van der Waals surface area (Å²) >= 11 is 0. The van der Waals surface area contributed by atoms with Crippen LogP contribution in [0.3, 0.4) is 0 Å². The van der Waals surface area contributed by atoms with Gasteiger partial charge in [0, 0.05) is 29.4 Å². The Kier molecular flexibility index (Phi) is 6.18. The Morgan fingerprint density at radius 3 is 2.25 bits per heavy atom. The SMILES string of the molecule is O=C(Nc1cc(F)cc(F)c1)c1ccc(NC2CCCCCC2)c([N+](=O)[O-])c1. The standard InChI is InChI=1S/C20H21F2N3O3/c21-14-10-15(22)12-17(11-14)24-20(26)13-7-8-18(19(9-13)25(27)28)23-16-5-3-1-2-4-6-16/h7-12,16,23H,1-6H2,(H,24,26). The first-order chi connectivity index (χ1) is 13.4. The molecule has 0 aromatic heterocycles. The third-order valence-electron chi connectivity index (χ3n) is 4.79. The van der Waals surface area contributed by atoms with Crippen molar-refractivity contribution in [3.8, 4) is 0 Å². The molecule has 0 atom stereocenters. The summed E-state index contributed by atoms with van der Waals surface area (Å²) in [4.78, 5) is 23.3. The molecule has 2 N–H and O–H groups in total. The van der Waals surface area contributed by atoms with E-state index in [1.54, 1.807) is 0 Å². The Morgan fingerprint density at radius 2 is 1.64 bits per heavy atom.